The molecule has 0 bridgehead atoms. The molecule has 1 aliphatic rings. The van der Waals surface area contributed by atoms with Crippen molar-refractivity contribution >= 4 is 32.4 Å². The van der Waals surface area contributed by atoms with Crippen LogP contribution in [0.3, 0.4) is 0 Å². The van der Waals surface area contributed by atoms with Crippen LogP contribution in [0.5, 0.6) is 0 Å². The van der Waals surface area contributed by atoms with Gasteiger partial charge in [-0.05, 0) is 72.9 Å². The minimum Gasteiger partial charge on any atom is -0.227 e. The predicted molar refractivity (Wildman–Crippen MR) is 191 cm³/mol. The van der Waals surface area contributed by atoms with E-state index >= 15 is 0 Å². The number of rotatable bonds is 3. The maximum Gasteiger partial charge on any atom is 0.161 e. The summed E-state index contributed by atoms with van der Waals surface area (Å²) >= 11 is 0. The van der Waals surface area contributed by atoms with E-state index in [9.17, 15) is 0 Å². The molecule has 0 spiro atoms. The van der Waals surface area contributed by atoms with E-state index in [-0.39, 0.29) is 16.2 Å². The van der Waals surface area contributed by atoms with Crippen LogP contribution in [-0.2, 0) is 10.8 Å². The van der Waals surface area contributed by atoms with Crippen LogP contribution in [0.2, 0.25) is 0 Å². The Balaban J connectivity index is 1.52. The van der Waals surface area contributed by atoms with E-state index in [4.69, 9.17) is 9.97 Å². The fourth-order valence-corrected chi connectivity index (χ4v) is 7.75. The van der Waals surface area contributed by atoms with E-state index in [1.165, 1.54) is 38.4 Å². The molecule has 0 atom stereocenters. The molecule has 2 nitrogen and oxygen atoms in total. The van der Waals surface area contributed by atoms with Crippen LogP contribution in [0, 0.1) is 5.41 Å². The summed E-state index contributed by atoms with van der Waals surface area (Å²) in [5, 5.41) is 5.79. The Labute approximate surface area is 265 Å². The summed E-state index contributed by atoms with van der Waals surface area (Å²) in [6.45, 7) is 14.5. The number of fused-ring (bicyclic) bond motifs is 5. The number of aromatic nitrogens is 2. The first-order valence-corrected chi connectivity index (χ1v) is 16.0. The number of benzene rings is 6. The third-order valence-electron chi connectivity index (χ3n) is 11.6. The van der Waals surface area contributed by atoms with Crippen molar-refractivity contribution in [3.05, 3.63) is 132 Å². The molecular weight excluding hydrogens is 544 g/mol. The first-order valence-electron chi connectivity index (χ1n) is 16.0. The van der Waals surface area contributed by atoms with E-state index in [1.54, 1.807) is 0 Å². The van der Waals surface area contributed by atoms with Crippen molar-refractivity contribution in [3.63, 3.8) is 0 Å². The van der Waals surface area contributed by atoms with Crippen molar-refractivity contribution in [2.24, 2.45) is 5.41 Å². The van der Waals surface area contributed by atoms with Crippen LogP contribution >= 0.6 is 0 Å². The molecule has 45 heavy (non-hydrogen) atoms. The monoisotopic (exact) mass is 582 g/mol. The van der Waals surface area contributed by atoms with E-state index in [2.05, 4.69) is 163 Å². The topological polar surface area (TPSA) is 25.8 Å². The normalized spacial score (nSPS) is 16.3. The van der Waals surface area contributed by atoms with Gasteiger partial charge in [-0.15, -0.1) is 0 Å². The molecule has 0 fully saturated rings. The molecular formula is C43H38N2. The zero-order valence-electron chi connectivity index (χ0n) is 26.9. The molecule has 1 heterocycles. The van der Waals surface area contributed by atoms with Gasteiger partial charge in [-0.3, -0.25) is 0 Å². The smallest absolute Gasteiger partial charge is 0.161 e. The maximum atomic E-state index is 5.52. The van der Waals surface area contributed by atoms with Gasteiger partial charge in [0.05, 0.1) is 11.2 Å². The van der Waals surface area contributed by atoms with Crippen molar-refractivity contribution in [1.82, 2.24) is 9.97 Å². The molecule has 220 valence electrons. The molecule has 0 unspecified atom stereocenters. The van der Waals surface area contributed by atoms with Crippen molar-refractivity contribution in [2.75, 3.05) is 0 Å². The largest absolute Gasteiger partial charge is 0.227 e. The molecule has 0 amide bonds. The summed E-state index contributed by atoms with van der Waals surface area (Å²) in [6.07, 6.45) is 0. The summed E-state index contributed by atoms with van der Waals surface area (Å²) in [6, 6.07) is 43.7. The molecule has 8 rings (SSSR count). The lowest BCUT2D eigenvalue weighted by Gasteiger charge is -2.44. The van der Waals surface area contributed by atoms with Gasteiger partial charge in [0.15, 0.2) is 5.82 Å². The quantitative estimate of drug-likeness (QED) is 0.194. The highest BCUT2D eigenvalue weighted by atomic mass is 14.9. The molecule has 0 N–H and O–H groups in total. The third-order valence-corrected chi connectivity index (χ3v) is 11.6. The summed E-state index contributed by atoms with van der Waals surface area (Å²) in [7, 11) is 0. The van der Waals surface area contributed by atoms with E-state index < -0.39 is 0 Å². The van der Waals surface area contributed by atoms with Crippen molar-refractivity contribution in [3.8, 4) is 33.8 Å². The number of nitrogens with zero attached hydrogens (tertiary/aromatic N) is 2. The molecule has 0 saturated heterocycles. The molecule has 1 aliphatic carbocycles. The van der Waals surface area contributed by atoms with Crippen LogP contribution in [0.15, 0.2) is 121 Å². The van der Waals surface area contributed by atoms with E-state index in [0.29, 0.717) is 0 Å². The molecule has 1 aromatic heterocycles. The second kappa shape index (κ2) is 9.59. The molecule has 2 heteroatoms. The lowest BCUT2D eigenvalue weighted by atomic mass is 9.59. The van der Waals surface area contributed by atoms with Crippen LogP contribution in [0.4, 0.5) is 0 Å². The Hall–Kier alpha value is -4.82. The Morgan fingerprint density at radius 2 is 1.02 bits per heavy atom. The highest BCUT2D eigenvalue weighted by molar-refractivity contribution is 6.12. The highest BCUT2D eigenvalue weighted by Crippen LogP contribution is 2.62. The minimum atomic E-state index is -0.0438. The number of hydrogen-bond acceptors (Lipinski definition) is 2. The summed E-state index contributed by atoms with van der Waals surface area (Å²) in [4.78, 5) is 11.0. The highest BCUT2D eigenvalue weighted by Gasteiger charge is 2.57. The SMILES string of the molecule is CC1(C)c2cc(-c3ccccc3)c(-c3nc(-c4cccc5ccccc45)c4ccc5ccccc5c4n3)cc2C(C)(C)C1(C)C. The number of hydrogen-bond donors (Lipinski definition) is 0. The minimum absolute atomic E-state index is 0.0115. The standard InChI is InChI=1S/C43H38N2/c1-41(2)36-25-34(28-15-8-7-9-16-28)35(26-37(36)42(3,4)43(41,5)6)40-44-38-31-21-13-11-18-29(31)23-24-33(38)39(45-40)32-22-14-19-27-17-10-12-20-30(27)32/h7-26H,1-6H3. The summed E-state index contributed by atoms with van der Waals surface area (Å²) in [5.41, 5.74) is 9.32. The average molecular weight is 583 g/mol. The molecule has 0 radical (unpaired) electrons. The second-order valence-electron chi connectivity index (χ2n) is 14.3. The average Bonchev–Trinajstić information content (AvgIpc) is 3.16. The lowest BCUT2D eigenvalue weighted by molar-refractivity contribution is 0.125. The van der Waals surface area contributed by atoms with Gasteiger partial charge in [-0.25, -0.2) is 9.97 Å². The van der Waals surface area contributed by atoms with Gasteiger partial charge in [0.2, 0.25) is 0 Å². The first kappa shape index (κ1) is 27.7. The molecule has 0 aliphatic heterocycles. The molecule has 7 aromatic rings. The van der Waals surface area contributed by atoms with Gasteiger partial charge in [0.25, 0.3) is 0 Å². The van der Waals surface area contributed by atoms with Crippen molar-refractivity contribution in [2.45, 2.75) is 52.4 Å². The van der Waals surface area contributed by atoms with Gasteiger partial charge in [-0.1, -0.05) is 145 Å². The molecule has 0 saturated carbocycles. The third kappa shape index (κ3) is 3.88. The Morgan fingerprint density at radius 3 is 1.73 bits per heavy atom. The van der Waals surface area contributed by atoms with Gasteiger partial charge >= 0.3 is 0 Å². The van der Waals surface area contributed by atoms with Crippen LogP contribution in [0.25, 0.3) is 66.2 Å². The maximum absolute atomic E-state index is 5.52. The molecule has 6 aromatic carbocycles. The van der Waals surface area contributed by atoms with Crippen LogP contribution in [-0.4, -0.2) is 9.97 Å². The fraction of sp³-hybridized carbons (Fsp3) is 0.209. The zero-order chi connectivity index (χ0) is 31.1. The van der Waals surface area contributed by atoms with Crippen LogP contribution < -0.4 is 0 Å². The zero-order valence-corrected chi connectivity index (χ0v) is 26.9. The van der Waals surface area contributed by atoms with Gasteiger partial charge in [-0.2, -0.15) is 0 Å². The second-order valence-corrected chi connectivity index (χ2v) is 14.3. The van der Waals surface area contributed by atoms with Gasteiger partial charge in [0.1, 0.15) is 0 Å². The van der Waals surface area contributed by atoms with Crippen LogP contribution in [0.1, 0.15) is 52.7 Å². The Morgan fingerprint density at radius 1 is 0.444 bits per heavy atom. The van der Waals surface area contributed by atoms with Crippen molar-refractivity contribution in [1.29, 1.82) is 0 Å². The van der Waals surface area contributed by atoms with E-state index in [0.717, 1.165) is 38.9 Å². The predicted octanol–water partition coefficient (Wildman–Crippen LogP) is 11.5. The Bertz CT molecular complexity index is 2280. The summed E-state index contributed by atoms with van der Waals surface area (Å²) in [5.74, 6) is 0.766. The van der Waals surface area contributed by atoms with Gasteiger partial charge < -0.3 is 0 Å². The fourth-order valence-electron chi connectivity index (χ4n) is 7.75. The summed E-state index contributed by atoms with van der Waals surface area (Å²) < 4.78 is 0. The lowest BCUT2D eigenvalue weighted by Crippen LogP contribution is -2.42. The van der Waals surface area contributed by atoms with E-state index in [1.807, 2.05) is 0 Å². The van der Waals surface area contributed by atoms with Crippen molar-refractivity contribution < 1.29 is 0 Å². The van der Waals surface area contributed by atoms with Gasteiger partial charge in [0, 0.05) is 21.9 Å². The Kier molecular flexibility index (Phi) is 5.90. The first-order chi connectivity index (χ1) is 21.6.